The van der Waals surface area contributed by atoms with Crippen LogP contribution in [0, 0.1) is 17.8 Å². The van der Waals surface area contributed by atoms with Gasteiger partial charge in [0.25, 0.3) is 0 Å². The van der Waals surface area contributed by atoms with E-state index in [0.29, 0.717) is 19.3 Å². The average Bonchev–Trinajstić information content (AvgIpc) is 2.29. The van der Waals surface area contributed by atoms with Gasteiger partial charge in [-0.25, -0.2) is 0 Å². The van der Waals surface area contributed by atoms with E-state index in [2.05, 4.69) is 10.7 Å². The Hall–Kier alpha value is -1.50. The Morgan fingerprint density at radius 1 is 1.38 bits per heavy atom. The van der Waals surface area contributed by atoms with Crippen LogP contribution in [0.2, 0.25) is 0 Å². The number of carbonyl (C=O) groups is 2. The van der Waals surface area contributed by atoms with E-state index in [9.17, 15) is 9.59 Å². The van der Waals surface area contributed by atoms with E-state index in [1.54, 1.807) is 0 Å². The first-order chi connectivity index (χ1) is 7.49. The Morgan fingerprint density at radius 2 is 1.94 bits per heavy atom. The fourth-order valence-electron chi connectivity index (χ4n) is 1.51. The zero-order valence-electron chi connectivity index (χ0n) is 9.78. The van der Waals surface area contributed by atoms with Crippen molar-refractivity contribution in [1.29, 1.82) is 0 Å². The number of ether oxygens (including phenoxy) is 1. The number of aliphatic carboxylic acids is 1. The summed E-state index contributed by atoms with van der Waals surface area (Å²) in [6.07, 6.45) is 7.22. The van der Waals surface area contributed by atoms with Crippen LogP contribution in [0.1, 0.15) is 39.0 Å². The molecule has 0 heterocycles. The molecule has 0 saturated carbocycles. The molecule has 0 aliphatic carbocycles. The second kappa shape index (κ2) is 6.89. The van der Waals surface area contributed by atoms with Gasteiger partial charge in [0.2, 0.25) is 0 Å². The summed E-state index contributed by atoms with van der Waals surface area (Å²) in [4.78, 5) is 21.5. The number of carboxylic acid groups (broad SMARTS) is 1. The maximum Gasteiger partial charge on any atom is 0.305 e. The Labute approximate surface area is 96.0 Å². The van der Waals surface area contributed by atoms with Crippen molar-refractivity contribution in [2.24, 2.45) is 5.41 Å². The normalized spacial score (nSPS) is 13.6. The molecule has 0 spiro atoms. The van der Waals surface area contributed by atoms with Gasteiger partial charge in [0.1, 0.15) is 0 Å². The zero-order chi connectivity index (χ0) is 12.6. The highest BCUT2D eigenvalue weighted by molar-refractivity contribution is 5.69. The molecule has 0 rings (SSSR count). The van der Waals surface area contributed by atoms with Gasteiger partial charge >= 0.3 is 11.9 Å². The number of rotatable bonds is 7. The van der Waals surface area contributed by atoms with Crippen molar-refractivity contribution in [2.45, 2.75) is 39.0 Å². The van der Waals surface area contributed by atoms with Crippen molar-refractivity contribution in [3.63, 3.8) is 0 Å². The van der Waals surface area contributed by atoms with Crippen molar-refractivity contribution in [2.75, 3.05) is 7.11 Å². The van der Waals surface area contributed by atoms with Crippen LogP contribution in [0.4, 0.5) is 0 Å². The predicted octanol–water partition coefficient (Wildman–Crippen LogP) is 1.83. The van der Waals surface area contributed by atoms with E-state index in [1.807, 2.05) is 6.92 Å². The number of terminal acetylenes is 1. The van der Waals surface area contributed by atoms with Crippen LogP contribution >= 0.6 is 0 Å². The summed E-state index contributed by atoms with van der Waals surface area (Å²) in [6, 6.07) is 0. The highest BCUT2D eigenvalue weighted by Gasteiger charge is 2.27. The minimum atomic E-state index is -0.869. The maximum absolute atomic E-state index is 11.0. The summed E-state index contributed by atoms with van der Waals surface area (Å²) in [5, 5.41) is 8.63. The molecule has 0 unspecified atom stereocenters. The van der Waals surface area contributed by atoms with E-state index >= 15 is 0 Å². The number of esters is 1. The molecule has 1 N–H and O–H groups in total. The first-order valence-corrected chi connectivity index (χ1v) is 5.26. The molecule has 0 amide bonds. The first-order valence-electron chi connectivity index (χ1n) is 5.26. The molecule has 0 radical (unpaired) electrons. The SMILES string of the molecule is C#C[C@](CC)(CCC(=O)O)CCC(=O)OC. The second-order valence-corrected chi connectivity index (χ2v) is 3.75. The molecule has 0 aromatic carbocycles. The van der Waals surface area contributed by atoms with Crippen LogP contribution < -0.4 is 0 Å². The van der Waals surface area contributed by atoms with E-state index in [4.69, 9.17) is 11.5 Å². The smallest absolute Gasteiger partial charge is 0.305 e. The molecule has 90 valence electrons. The van der Waals surface area contributed by atoms with Crippen LogP contribution in [-0.4, -0.2) is 24.2 Å². The zero-order valence-corrected chi connectivity index (χ0v) is 9.78. The summed E-state index contributed by atoms with van der Waals surface area (Å²) < 4.78 is 4.54. The van der Waals surface area contributed by atoms with Gasteiger partial charge in [-0.1, -0.05) is 12.8 Å². The van der Waals surface area contributed by atoms with Crippen LogP contribution in [0.25, 0.3) is 0 Å². The van der Waals surface area contributed by atoms with Gasteiger partial charge in [-0.3, -0.25) is 9.59 Å². The molecule has 4 nitrogen and oxygen atoms in total. The largest absolute Gasteiger partial charge is 0.481 e. The summed E-state index contributed by atoms with van der Waals surface area (Å²) in [7, 11) is 1.32. The predicted molar refractivity (Wildman–Crippen MR) is 59.7 cm³/mol. The first kappa shape index (κ1) is 14.5. The van der Waals surface area contributed by atoms with Gasteiger partial charge in [-0.05, 0) is 19.3 Å². The molecular weight excluding hydrogens is 208 g/mol. The third-order valence-electron chi connectivity index (χ3n) is 2.84. The summed E-state index contributed by atoms with van der Waals surface area (Å²) in [5.74, 6) is 1.44. The molecule has 0 aliphatic rings. The van der Waals surface area contributed by atoms with Gasteiger partial charge in [-0.15, -0.1) is 6.42 Å². The summed E-state index contributed by atoms with van der Waals surface area (Å²) in [5.41, 5.74) is -0.507. The van der Waals surface area contributed by atoms with Crippen molar-refractivity contribution in [1.82, 2.24) is 0 Å². The lowest BCUT2D eigenvalue weighted by Gasteiger charge is -2.25. The van der Waals surface area contributed by atoms with Gasteiger partial charge in [0.05, 0.1) is 7.11 Å². The Morgan fingerprint density at radius 3 is 2.31 bits per heavy atom. The van der Waals surface area contributed by atoms with Crippen molar-refractivity contribution in [3.05, 3.63) is 0 Å². The standard InChI is InChI=1S/C12H18O4/c1-4-12(5-2,8-6-10(13)14)9-7-11(15)16-3/h1H,5-9H2,2-3H3,(H,13,14)/t12-/m0/s1. The molecule has 0 fully saturated rings. The third kappa shape index (κ3) is 4.83. The number of hydrogen-bond donors (Lipinski definition) is 1. The highest BCUT2D eigenvalue weighted by atomic mass is 16.5. The van der Waals surface area contributed by atoms with Gasteiger partial charge in [0, 0.05) is 18.3 Å². The Balaban J connectivity index is 4.39. The minimum Gasteiger partial charge on any atom is -0.481 e. The quantitative estimate of drug-likeness (QED) is 0.531. The van der Waals surface area contributed by atoms with Crippen LogP contribution in [0.5, 0.6) is 0 Å². The molecule has 1 atom stereocenters. The van der Waals surface area contributed by atoms with Crippen LogP contribution in [0.15, 0.2) is 0 Å². The fraction of sp³-hybridized carbons (Fsp3) is 0.667. The molecule has 0 saturated heterocycles. The second-order valence-electron chi connectivity index (χ2n) is 3.75. The molecule has 0 aromatic heterocycles. The lowest BCUT2D eigenvalue weighted by molar-refractivity contribution is -0.141. The van der Waals surface area contributed by atoms with Gasteiger partial charge < -0.3 is 9.84 Å². The third-order valence-corrected chi connectivity index (χ3v) is 2.84. The minimum absolute atomic E-state index is 0.0270. The van der Waals surface area contributed by atoms with Gasteiger partial charge in [-0.2, -0.15) is 0 Å². The van der Waals surface area contributed by atoms with Crippen LogP contribution in [-0.2, 0) is 14.3 Å². The highest BCUT2D eigenvalue weighted by Crippen LogP contribution is 2.32. The monoisotopic (exact) mass is 226 g/mol. The van der Waals surface area contributed by atoms with Crippen molar-refractivity contribution < 1.29 is 19.4 Å². The molecule has 4 heteroatoms. The van der Waals surface area contributed by atoms with E-state index < -0.39 is 11.4 Å². The number of carbonyl (C=O) groups excluding carboxylic acids is 1. The number of carboxylic acids is 1. The topological polar surface area (TPSA) is 63.6 Å². The van der Waals surface area contributed by atoms with E-state index in [-0.39, 0.29) is 18.8 Å². The van der Waals surface area contributed by atoms with E-state index in [1.165, 1.54) is 7.11 Å². The van der Waals surface area contributed by atoms with Gasteiger partial charge in [0.15, 0.2) is 0 Å². The summed E-state index contributed by atoms with van der Waals surface area (Å²) >= 11 is 0. The average molecular weight is 226 g/mol. The van der Waals surface area contributed by atoms with Crippen LogP contribution in [0.3, 0.4) is 0 Å². The lowest BCUT2D eigenvalue weighted by Crippen LogP contribution is -2.21. The fourth-order valence-corrected chi connectivity index (χ4v) is 1.51. The summed E-state index contributed by atoms with van der Waals surface area (Å²) in [6.45, 7) is 1.90. The van der Waals surface area contributed by atoms with Crippen molar-refractivity contribution in [3.8, 4) is 12.3 Å². The molecule has 0 bridgehead atoms. The molecular formula is C12H18O4. The lowest BCUT2D eigenvalue weighted by atomic mass is 9.77. The van der Waals surface area contributed by atoms with Crippen molar-refractivity contribution >= 4 is 11.9 Å². The molecule has 0 aliphatic heterocycles. The molecule has 0 aromatic rings. The number of methoxy groups -OCH3 is 1. The maximum atomic E-state index is 11.0. The Kier molecular flexibility index (Phi) is 6.24. The Bertz CT molecular complexity index is 290. The number of hydrogen-bond acceptors (Lipinski definition) is 3. The van der Waals surface area contributed by atoms with E-state index in [0.717, 1.165) is 0 Å². The molecule has 16 heavy (non-hydrogen) atoms.